The molecule has 192 valence electrons. The summed E-state index contributed by atoms with van der Waals surface area (Å²) < 4.78 is 74.6. The summed E-state index contributed by atoms with van der Waals surface area (Å²) in [6, 6.07) is 2.64. The highest BCUT2D eigenvalue weighted by molar-refractivity contribution is 7.88. The minimum atomic E-state index is -6.00. The SMILES string of the molecule is CC(C)(C)OC(=O)N1CC[C@H](n2cc(-c3cc(OS(=O)(=O)C(F)(F)F)c4c(C#N)cnn4c3)cn2)C1. The van der Waals surface area contributed by atoms with Crippen LogP contribution >= 0.6 is 0 Å². The van der Waals surface area contributed by atoms with Gasteiger partial charge in [-0.3, -0.25) is 4.68 Å². The number of carbonyl (C=O) groups is 1. The average Bonchev–Trinajstić information content (AvgIpc) is 3.49. The van der Waals surface area contributed by atoms with Crippen LogP contribution in [0.15, 0.2) is 30.9 Å². The predicted octanol–water partition coefficient (Wildman–Crippen LogP) is 3.48. The molecule has 1 fully saturated rings. The topological polar surface area (TPSA) is 132 Å². The average molecular weight is 526 g/mol. The number of amides is 1. The second-order valence-corrected chi connectivity index (χ2v) is 10.7. The van der Waals surface area contributed by atoms with Gasteiger partial charge in [0.1, 0.15) is 22.8 Å². The van der Waals surface area contributed by atoms with Crippen molar-refractivity contribution in [2.75, 3.05) is 13.1 Å². The van der Waals surface area contributed by atoms with Crippen molar-refractivity contribution in [1.82, 2.24) is 24.3 Å². The number of likely N-dealkylation sites (tertiary alicyclic amines) is 1. The first-order valence-electron chi connectivity index (χ1n) is 10.6. The molecule has 0 unspecified atom stereocenters. The number of hydrogen-bond acceptors (Lipinski definition) is 8. The van der Waals surface area contributed by atoms with Gasteiger partial charge in [0.2, 0.25) is 0 Å². The zero-order valence-electron chi connectivity index (χ0n) is 19.4. The van der Waals surface area contributed by atoms with Crippen molar-refractivity contribution in [3.8, 4) is 22.9 Å². The van der Waals surface area contributed by atoms with E-state index in [1.807, 2.05) is 0 Å². The molecule has 1 saturated heterocycles. The van der Waals surface area contributed by atoms with Gasteiger partial charge in [-0.05, 0) is 33.3 Å². The maximum atomic E-state index is 13.0. The van der Waals surface area contributed by atoms with Crippen molar-refractivity contribution in [1.29, 1.82) is 5.26 Å². The van der Waals surface area contributed by atoms with E-state index in [9.17, 15) is 31.6 Å². The monoisotopic (exact) mass is 526 g/mol. The number of ether oxygens (including phenoxy) is 1. The fraction of sp³-hybridized carbons (Fsp3) is 0.429. The Morgan fingerprint density at radius 3 is 2.53 bits per heavy atom. The molecule has 1 amide bonds. The molecule has 0 bridgehead atoms. The van der Waals surface area contributed by atoms with Crippen LogP contribution in [0, 0.1) is 11.3 Å². The molecule has 0 aliphatic carbocycles. The van der Waals surface area contributed by atoms with Gasteiger partial charge in [-0.25, -0.2) is 9.31 Å². The first-order valence-corrected chi connectivity index (χ1v) is 12.0. The number of nitriles is 1. The largest absolute Gasteiger partial charge is 0.534 e. The van der Waals surface area contributed by atoms with Gasteiger partial charge in [0.25, 0.3) is 0 Å². The number of pyridine rings is 1. The van der Waals surface area contributed by atoms with Crippen molar-refractivity contribution >= 4 is 21.7 Å². The maximum Gasteiger partial charge on any atom is 0.534 e. The first-order chi connectivity index (χ1) is 16.7. The van der Waals surface area contributed by atoms with Gasteiger partial charge >= 0.3 is 21.7 Å². The second-order valence-electron chi connectivity index (χ2n) is 9.12. The molecule has 3 aromatic rings. The fourth-order valence-corrected chi connectivity index (χ4v) is 4.15. The zero-order valence-corrected chi connectivity index (χ0v) is 20.2. The second kappa shape index (κ2) is 8.70. The van der Waals surface area contributed by atoms with Gasteiger partial charge in [-0.1, -0.05) is 0 Å². The Balaban J connectivity index is 1.64. The lowest BCUT2D eigenvalue weighted by atomic mass is 10.1. The van der Waals surface area contributed by atoms with E-state index in [0.717, 1.165) is 16.8 Å². The summed E-state index contributed by atoms with van der Waals surface area (Å²) >= 11 is 0. The third kappa shape index (κ3) is 4.94. The van der Waals surface area contributed by atoms with E-state index in [-0.39, 0.29) is 22.7 Å². The van der Waals surface area contributed by atoms with Crippen LogP contribution in [-0.4, -0.2) is 63.0 Å². The molecule has 4 heterocycles. The molecule has 0 spiro atoms. The van der Waals surface area contributed by atoms with Crippen LogP contribution < -0.4 is 4.18 Å². The fourth-order valence-electron chi connectivity index (χ4n) is 3.69. The van der Waals surface area contributed by atoms with E-state index in [1.165, 1.54) is 12.4 Å². The summed E-state index contributed by atoms with van der Waals surface area (Å²) in [6.07, 6.45) is 5.70. The van der Waals surface area contributed by atoms with E-state index >= 15 is 0 Å². The number of carbonyl (C=O) groups excluding carboxylic acids is 1. The van der Waals surface area contributed by atoms with Gasteiger partial charge in [0.05, 0.1) is 18.4 Å². The standard InChI is InChI=1S/C21H21F3N6O5S/c1-20(2,3)34-19(31)28-5-4-16(12-28)29-11-15(9-26-29)13-6-17(35-36(32,33)21(22,23)24)18-14(7-25)8-27-30(18)10-13/h6,8-11,16H,4-5,12H2,1-3H3/t16-/m0/s1. The molecule has 1 atom stereocenters. The highest BCUT2D eigenvalue weighted by Crippen LogP contribution is 2.34. The molecule has 0 radical (unpaired) electrons. The third-order valence-corrected chi connectivity index (χ3v) is 6.27. The molecule has 0 saturated carbocycles. The highest BCUT2D eigenvalue weighted by atomic mass is 32.2. The molecule has 4 rings (SSSR count). The predicted molar refractivity (Wildman–Crippen MR) is 118 cm³/mol. The molecule has 0 aromatic carbocycles. The summed E-state index contributed by atoms with van der Waals surface area (Å²) in [5.41, 5.74) is -6.03. The van der Waals surface area contributed by atoms with Gasteiger partial charge in [0.15, 0.2) is 5.75 Å². The Morgan fingerprint density at radius 1 is 1.17 bits per heavy atom. The Labute approximate surface area is 203 Å². The Kier molecular flexibility index (Phi) is 6.11. The third-order valence-electron chi connectivity index (χ3n) is 5.30. The molecule has 1 aliphatic rings. The number of rotatable bonds is 4. The van der Waals surface area contributed by atoms with Gasteiger partial charge in [0, 0.05) is 36.6 Å². The smallest absolute Gasteiger partial charge is 0.444 e. The number of halogens is 3. The molecular weight excluding hydrogens is 505 g/mol. The van der Waals surface area contributed by atoms with Crippen molar-refractivity contribution in [2.24, 2.45) is 0 Å². The Hall–Kier alpha value is -3.80. The van der Waals surface area contributed by atoms with Crippen LogP contribution in [0.2, 0.25) is 0 Å². The van der Waals surface area contributed by atoms with Crippen LogP contribution in [0.4, 0.5) is 18.0 Å². The highest BCUT2D eigenvalue weighted by Gasteiger charge is 2.49. The molecule has 0 N–H and O–H groups in total. The summed E-state index contributed by atoms with van der Waals surface area (Å²) in [5.74, 6) is -0.705. The van der Waals surface area contributed by atoms with Crippen LogP contribution in [0.5, 0.6) is 5.75 Å². The van der Waals surface area contributed by atoms with Crippen LogP contribution in [-0.2, 0) is 14.9 Å². The van der Waals surface area contributed by atoms with E-state index < -0.39 is 33.1 Å². The van der Waals surface area contributed by atoms with Crippen LogP contribution in [0.1, 0.15) is 38.8 Å². The summed E-state index contributed by atoms with van der Waals surface area (Å²) in [5, 5.41) is 17.5. The summed E-state index contributed by atoms with van der Waals surface area (Å²) in [6.45, 7) is 6.11. The Morgan fingerprint density at radius 2 is 1.89 bits per heavy atom. The van der Waals surface area contributed by atoms with Crippen molar-refractivity contribution in [3.05, 3.63) is 36.4 Å². The Bertz CT molecular complexity index is 1470. The minimum Gasteiger partial charge on any atom is -0.444 e. The number of aromatic nitrogens is 4. The van der Waals surface area contributed by atoms with Crippen molar-refractivity contribution in [3.63, 3.8) is 0 Å². The number of nitrogens with zero attached hydrogens (tertiary/aromatic N) is 6. The van der Waals surface area contributed by atoms with Crippen LogP contribution in [0.25, 0.3) is 16.6 Å². The van der Waals surface area contributed by atoms with Gasteiger partial charge in [-0.2, -0.15) is 37.0 Å². The van der Waals surface area contributed by atoms with E-state index in [4.69, 9.17) is 4.74 Å². The van der Waals surface area contributed by atoms with Crippen molar-refractivity contribution < 1.29 is 35.3 Å². The maximum absolute atomic E-state index is 13.0. The lowest BCUT2D eigenvalue weighted by molar-refractivity contribution is -0.0499. The quantitative estimate of drug-likeness (QED) is 0.373. The summed E-state index contributed by atoms with van der Waals surface area (Å²) in [4.78, 5) is 13.9. The molecule has 1 aliphatic heterocycles. The normalized spacial score (nSPS) is 16.8. The van der Waals surface area contributed by atoms with E-state index in [0.29, 0.717) is 25.1 Å². The number of alkyl halides is 3. The number of fused-ring (bicyclic) bond motifs is 1. The first kappa shape index (κ1) is 25.3. The molecule has 36 heavy (non-hydrogen) atoms. The molecule has 3 aromatic heterocycles. The molecule has 15 heteroatoms. The molecular formula is C21H21F3N6O5S. The minimum absolute atomic E-state index is 0.169. The lowest BCUT2D eigenvalue weighted by Crippen LogP contribution is -2.35. The zero-order chi connectivity index (χ0) is 26.5. The van der Waals surface area contributed by atoms with Crippen LogP contribution in [0.3, 0.4) is 0 Å². The molecule has 11 nitrogen and oxygen atoms in total. The van der Waals surface area contributed by atoms with Crippen molar-refractivity contribution in [2.45, 2.75) is 44.3 Å². The summed E-state index contributed by atoms with van der Waals surface area (Å²) in [7, 11) is -6.00. The lowest BCUT2D eigenvalue weighted by Gasteiger charge is -2.24. The van der Waals surface area contributed by atoms with Gasteiger partial charge in [-0.15, -0.1) is 0 Å². The van der Waals surface area contributed by atoms with Gasteiger partial charge < -0.3 is 13.8 Å². The van der Waals surface area contributed by atoms with E-state index in [2.05, 4.69) is 14.4 Å². The van der Waals surface area contributed by atoms with E-state index in [1.54, 1.807) is 42.6 Å². The number of hydrogen-bond donors (Lipinski definition) is 0.